The van der Waals surface area contributed by atoms with Gasteiger partial charge in [0.2, 0.25) is 0 Å². The molecule has 0 bridgehead atoms. The van der Waals surface area contributed by atoms with Crippen molar-refractivity contribution in [1.82, 2.24) is 0 Å². The number of rotatable bonds is 1. The van der Waals surface area contributed by atoms with Crippen molar-refractivity contribution in [1.29, 1.82) is 0 Å². The lowest BCUT2D eigenvalue weighted by Gasteiger charge is -2.63. The molecular weight excluding hydrogens is 304 g/mol. The zero-order valence-corrected chi connectivity index (χ0v) is 15.9. The van der Waals surface area contributed by atoms with Crippen LogP contribution >= 0.6 is 11.6 Å². The SMILES string of the molecule is CC(=O)[C@H]1CC[C@H]2[C@@H]3CCC4(Cl)CCCC[C@]4(C)[C@H]3CC[C@]12C. The summed E-state index contributed by atoms with van der Waals surface area (Å²) in [6.45, 7) is 6.80. The van der Waals surface area contributed by atoms with E-state index >= 15 is 0 Å². The number of hydrogen-bond donors (Lipinski definition) is 0. The molecule has 0 spiro atoms. The molecule has 2 heteroatoms. The summed E-state index contributed by atoms with van der Waals surface area (Å²) in [5, 5.41) is 0. The Kier molecular flexibility index (Phi) is 3.73. The second-order valence-electron chi connectivity index (χ2n) is 9.79. The number of ketones is 1. The summed E-state index contributed by atoms with van der Waals surface area (Å²) in [7, 11) is 0. The van der Waals surface area contributed by atoms with Crippen LogP contribution in [0.25, 0.3) is 0 Å². The van der Waals surface area contributed by atoms with Crippen molar-refractivity contribution >= 4 is 17.4 Å². The van der Waals surface area contributed by atoms with Crippen molar-refractivity contribution in [2.24, 2.45) is 34.5 Å². The average molecular weight is 337 g/mol. The fourth-order valence-electron chi connectivity index (χ4n) is 7.88. The van der Waals surface area contributed by atoms with E-state index in [1.807, 2.05) is 6.92 Å². The van der Waals surface area contributed by atoms with E-state index < -0.39 is 0 Å². The number of Topliss-reactive ketones (excluding diaryl/α,β-unsaturated/α-hetero) is 1. The summed E-state index contributed by atoms with van der Waals surface area (Å²) in [4.78, 5) is 12.3. The first-order valence-corrected chi connectivity index (χ1v) is 10.4. The summed E-state index contributed by atoms with van der Waals surface area (Å²) in [5.41, 5.74) is 0.621. The first kappa shape index (κ1) is 16.4. The van der Waals surface area contributed by atoms with Crippen LogP contribution in [0.15, 0.2) is 0 Å². The van der Waals surface area contributed by atoms with Crippen LogP contribution in [0.1, 0.15) is 85.0 Å². The van der Waals surface area contributed by atoms with Crippen molar-refractivity contribution in [3.05, 3.63) is 0 Å². The number of halogens is 1. The van der Waals surface area contributed by atoms with Crippen LogP contribution in [-0.2, 0) is 4.79 Å². The number of fused-ring (bicyclic) bond motifs is 5. The van der Waals surface area contributed by atoms with Gasteiger partial charge in [-0.25, -0.2) is 0 Å². The largest absolute Gasteiger partial charge is 0.300 e. The molecule has 0 aromatic heterocycles. The fourth-order valence-corrected chi connectivity index (χ4v) is 8.36. The van der Waals surface area contributed by atoms with E-state index in [-0.39, 0.29) is 10.3 Å². The van der Waals surface area contributed by atoms with Gasteiger partial charge in [-0.3, -0.25) is 4.79 Å². The lowest BCUT2D eigenvalue weighted by Crippen LogP contribution is -2.59. The Labute approximate surface area is 146 Å². The number of carbonyl (C=O) groups is 1. The van der Waals surface area contributed by atoms with Gasteiger partial charge < -0.3 is 0 Å². The highest BCUT2D eigenvalue weighted by molar-refractivity contribution is 6.24. The van der Waals surface area contributed by atoms with Crippen molar-refractivity contribution < 1.29 is 4.79 Å². The van der Waals surface area contributed by atoms with Crippen molar-refractivity contribution in [2.75, 3.05) is 0 Å². The third-order valence-corrected chi connectivity index (χ3v) is 9.97. The Balaban J connectivity index is 1.66. The van der Waals surface area contributed by atoms with Crippen LogP contribution in [0.2, 0.25) is 0 Å². The minimum atomic E-state index is 0.0682. The zero-order chi connectivity index (χ0) is 16.5. The lowest BCUT2D eigenvalue weighted by atomic mass is 9.44. The van der Waals surface area contributed by atoms with Crippen LogP contribution in [0.3, 0.4) is 0 Å². The highest BCUT2D eigenvalue weighted by Gasteiger charge is 2.63. The minimum Gasteiger partial charge on any atom is -0.300 e. The summed E-state index contributed by atoms with van der Waals surface area (Å²) in [6.07, 6.45) is 12.8. The van der Waals surface area contributed by atoms with Gasteiger partial charge in [0.05, 0.1) is 4.87 Å². The Bertz CT molecular complexity index is 516. The standard InChI is InChI=1S/C21H33ClO/c1-14(23)16-6-7-17-15-8-13-21(22)11-5-4-10-20(21,3)18(15)9-12-19(16,17)2/h15-18H,4-13H2,1-3H3/t15-,16+,17-,18-,19+,20+,21?/m0/s1. The lowest BCUT2D eigenvalue weighted by molar-refractivity contribution is -0.131. The molecule has 4 saturated carbocycles. The Morgan fingerprint density at radius 2 is 1.65 bits per heavy atom. The molecule has 7 atom stereocenters. The molecule has 0 N–H and O–H groups in total. The van der Waals surface area contributed by atoms with E-state index in [1.165, 1.54) is 57.8 Å². The molecule has 0 saturated heterocycles. The second kappa shape index (κ2) is 5.23. The van der Waals surface area contributed by atoms with Gasteiger partial charge in [-0.15, -0.1) is 11.6 Å². The Hall–Kier alpha value is -0.0400. The van der Waals surface area contributed by atoms with E-state index in [4.69, 9.17) is 11.6 Å². The normalized spacial score (nSPS) is 55.7. The number of hydrogen-bond acceptors (Lipinski definition) is 1. The Morgan fingerprint density at radius 1 is 0.913 bits per heavy atom. The smallest absolute Gasteiger partial charge is 0.133 e. The Morgan fingerprint density at radius 3 is 2.39 bits per heavy atom. The molecule has 4 aliphatic carbocycles. The molecule has 1 nitrogen and oxygen atoms in total. The average Bonchev–Trinajstić information content (AvgIpc) is 2.85. The van der Waals surface area contributed by atoms with Crippen LogP contribution in [0.4, 0.5) is 0 Å². The molecule has 0 aromatic carbocycles. The maximum absolute atomic E-state index is 12.2. The van der Waals surface area contributed by atoms with E-state index in [0.717, 1.165) is 24.2 Å². The van der Waals surface area contributed by atoms with E-state index in [2.05, 4.69) is 13.8 Å². The molecule has 0 aromatic rings. The van der Waals surface area contributed by atoms with Crippen LogP contribution in [-0.4, -0.2) is 10.7 Å². The van der Waals surface area contributed by atoms with Gasteiger partial charge in [-0.2, -0.15) is 0 Å². The molecule has 4 rings (SSSR count). The molecule has 0 amide bonds. The molecule has 0 aliphatic heterocycles. The van der Waals surface area contributed by atoms with Gasteiger partial charge in [0.1, 0.15) is 5.78 Å². The van der Waals surface area contributed by atoms with Crippen molar-refractivity contribution in [2.45, 2.75) is 89.9 Å². The minimum absolute atomic E-state index is 0.0682. The van der Waals surface area contributed by atoms with Crippen LogP contribution < -0.4 is 0 Å². The third-order valence-electron chi connectivity index (χ3n) is 9.16. The molecule has 4 fully saturated rings. The highest BCUT2D eigenvalue weighted by Crippen LogP contribution is 2.69. The van der Waals surface area contributed by atoms with Crippen molar-refractivity contribution in [3.8, 4) is 0 Å². The fraction of sp³-hybridized carbons (Fsp3) is 0.952. The number of carbonyl (C=O) groups excluding carboxylic acids is 1. The maximum atomic E-state index is 12.2. The van der Waals surface area contributed by atoms with Gasteiger partial charge in [-0.05, 0) is 86.9 Å². The summed E-state index contributed by atoms with van der Waals surface area (Å²) >= 11 is 7.24. The monoisotopic (exact) mass is 336 g/mol. The molecule has 23 heavy (non-hydrogen) atoms. The highest BCUT2D eigenvalue weighted by atomic mass is 35.5. The molecule has 0 heterocycles. The first-order chi connectivity index (χ1) is 10.8. The zero-order valence-electron chi connectivity index (χ0n) is 15.2. The first-order valence-electron chi connectivity index (χ1n) is 10.0. The van der Waals surface area contributed by atoms with Gasteiger partial charge >= 0.3 is 0 Å². The van der Waals surface area contributed by atoms with Crippen molar-refractivity contribution in [3.63, 3.8) is 0 Å². The molecular formula is C21H33ClO. The molecule has 0 radical (unpaired) electrons. The topological polar surface area (TPSA) is 17.1 Å². The summed E-state index contributed by atoms with van der Waals surface area (Å²) in [5.74, 6) is 3.18. The predicted molar refractivity (Wildman–Crippen MR) is 95.6 cm³/mol. The van der Waals surface area contributed by atoms with Crippen LogP contribution in [0, 0.1) is 34.5 Å². The van der Waals surface area contributed by atoms with Crippen LogP contribution in [0.5, 0.6) is 0 Å². The maximum Gasteiger partial charge on any atom is 0.133 e. The van der Waals surface area contributed by atoms with Gasteiger partial charge in [-0.1, -0.05) is 26.7 Å². The number of alkyl halides is 1. The van der Waals surface area contributed by atoms with Gasteiger partial charge in [0, 0.05) is 5.92 Å². The van der Waals surface area contributed by atoms with Gasteiger partial charge in [0.15, 0.2) is 0 Å². The molecule has 1 unspecified atom stereocenters. The third kappa shape index (κ3) is 2.07. The van der Waals surface area contributed by atoms with E-state index in [9.17, 15) is 4.79 Å². The summed E-state index contributed by atoms with van der Waals surface area (Å²) < 4.78 is 0. The quantitative estimate of drug-likeness (QED) is 0.538. The predicted octanol–water partition coefficient (Wildman–Crippen LogP) is 5.99. The van der Waals surface area contributed by atoms with E-state index in [1.54, 1.807) is 0 Å². The molecule has 130 valence electrons. The molecule has 4 aliphatic rings. The van der Waals surface area contributed by atoms with E-state index in [0.29, 0.717) is 17.1 Å². The van der Waals surface area contributed by atoms with Gasteiger partial charge in [0.25, 0.3) is 0 Å². The second-order valence-corrected chi connectivity index (χ2v) is 10.5. The summed E-state index contributed by atoms with van der Waals surface area (Å²) in [6, 6.07) is 0.